The molecule has 0 saturated carbocycles. The van der Waals surface area contributed by atoms with Crippen LogP contribution in [0.15, 0.2) is 47.1 Å². The number of nitrogens with one attached hydrogen (secondary N) is 2. The van der Waals surface area contributed by atoms with Crippen LogP contribution in [0.3, 0.4) is 0 Å². The molecule has 1 unspecified atom stereocenters. The highest BCUT2D eigenvalue weighted by atomic mass is 16.3. The molecule has 2 aromatic rings. The summed E-state index contributed by atoms with van der Waals surface area (Å²) in [7, 11) is 0. The Kier molecular flexibility index (Phi) is 3.83. The number of benzene rings is 1. The Morgan fingerprint density at radius 2 is 2.15 bits per heavy atom. The average Bonchev–Trinajstić information content (AvgIpc) is 2.91. The number of amides is 1. The van der Waals surface area contributed by atoms with Crippen molar-refractivity contribution in [1.82, 2.24) is 5.32 Å². The van der Waals surface area contributed by atoms with Crippen LogP contribution in [0.5, 0.6) is 0 Å². The van der Waals surface area contributed by atoms with E-state index in [9.17, 15) is 4.79 Å². The molecule has 0 bridgehead atoms. The van der Waals surface area contributed by atoms with Gasteiger partial charge in [0, 0.05) is 18.7 Å². The maximum Gasteiger partial charge on any atom is 0.241 e. The Morgan fingerprint density at radius 3 is 3.00 bits per heavy atom. The molecule has 20 heavy (non-hydrogen) atoms. The summed E-state index contributed by atoms with van der Waals surface area (Å²) in [5.74, 6) is 0.990. The number of fused-ring (bicyclic) bond motifs is 1. The third kappa shape index (κ3) is 2.91. The second-order valence-electron chi connectivity index (χ2n) is 5.02. The molecule has 1 aliphatic rings. The first-order valence-electron chi connectivity index (χ1n) is 6.97. The molecule has 0 aliphatic carbocycles. The smallest absolute Gasteiger partial charge is 0.241 e. The van der Waals surface area contributed by atoms with Gasteiger partial charge < -0.3 is 15.1 Å². The molecular weight excluding hydrogens is 252 g/mol. The van der Waals surface area contributed by atoms with E-state index in [1.165, 1.54) is 5.56 Å². The van der Waals surface area contributed by atoms with Gasteiger partial charge in [0.1, 0.15) is 5.76 Å². The highest BCUT2D eigenvalue weighted by molar-refractivity contribution is 5.96. The lowest BCUT2D eigenvalue weighted by Gasteiger charge is -2.14. The van der Waals surface area contributed by atoms with Crippen molar-refractivity contribution < 1.29 is 9.21 Å². The third-order valence-electron chi connectivity index (χ3n) is 3.64. The maximum atomic E-state index is 12.2. The van der Waals surface area contributed by atoms with E-state index >= 15 is 0 Å². The summed E-state index contributed by atoms with van der Waals surface area (Å²) >= 11 is 0. The van der Waals surface area contributed by atoms with E-state index in [1.54, 1.807) is 6.26 Å². The number of hydrogen-bond acceptors (Lipinski definition) is 3. The van der Waals surface area contributed by atoms with Crippen LogP contribution in [0.2, 0.25) is 0 Å². The Bertz CT molecular complexity index is 578. The van der Waals surface area contributed by atoms with Gasteiger partial charge in [-0.2, -0.15) is 0 Å². The number of para-hydroxylation sites is 1. The first kappa shape index (κ1) is 12.9. The van der Waals surface area contributed by atoms with E-state index in [4.69, 9.17) is 4.42 Å². The van der Waals surface area contributed by atoms with Crippen LogP contribution >= 0.6 is 0 Å². The summed E-state index contributed by atoms with van der Waals surface area (Å²) in [5, 5.41) is 6.30. The number of carbonyl (C=O) groups excluding carboxylic acids is 1. The fourth-order valence-corrected chi connectivity index (χ4v) is 2.53. The Labute approximate surface area is 118 Å². The average molecular weight is 270 g/mol. The number of aryl methyl sites for hydroxylation is 1. The van der Waals surface area contributed by atoms with Crippen molar-refractivity contribution in [1.29, 1.82) is 0 Å². The maximum absolute atomic E-state index is 12.2. The van der Waals surface area contributed by atoms with Crippen molar-refractivity contribution in [2.24, 2.45) is 0 Å². The number of rotatable bonds is 4. The molecule has 2 heterocycles. The van der Waals surface area contributed by atoms with Gasteiger partial charge in [-0.1, -0.05) is 18.2 Å². The molecule has 1 aromatic heterocycles. The lowest BCUT2D eigenvalue weighted by atomic mass is 10.1. The topological polar surface area (TPSA) is 54.3 Å². The molecule has 1 amide bonds. The highest BCUT2D eigenvalue weighted by Gasteiger charge is 2.22. The summed E-state index contributed by atoms with van der Waals surface area (Å²) in [6.45, 7) is 0.738. The summed E-state index contributed by atoms with van der Waals surface area (Å²) in [4.78, 5) is 12.2. The molecule has 3 rings (SSSR count). The number of furan rings is 1. The van der Waals surface area contributed by atoms with Gasteiger partial charge in [0.05, 0.1) is 12.3 Å². The van der Waals surface area contributed by atoms with Gasteiger partial charge in [-0.15, -0.1) is 0 Å². The number of carbonyl (C=O) groups is 1. The first-order chi connectivity index (χ1) is 9.83. The number of anilines is 1. The van der Waals surface area contributed by atoms with Gasteiger partial charge in [-0.25, -0.2) is 0 Å². The van der Waals surface area contributed by atoms with Crippen LogP contribution < -0.4 is 10.6 Å². The predicted octanol–water partition coefficient (Wildman–Crippen LogP) is 2.37. The van der Waals surface area contributed by atoms with E-state index < -0.39 is 0 Å². The lowest BCUT2D eigenvalue weighted by Crippen LogP contribution is -2.40. The van der Waals surface area contributed by atoms with Gasteiger partial charge >= 0.3 is 0 Å². The molecular formula is C16H18N2O2. The van der Waals surface area contributed by atoms with E-state index in [0.29, 0.717) is 0 Å². The summed E-state index contributed by atoms with van der Waals surface area (Å²) in [6, 6.07) is 11.7. The lowest BCUT2D eigenvalue weighted by molar-refractivity contribution is -0.118. The molecule has 1 aliphatic heterocycles. The largest absolute Gasteiger partial charge is 0.469 e. The van der Waals surface area contributed by atoms with Gasteiger partial charge in [0.2, 0.25) is 5.91 Å². The summed E-state index contributed by atoms with van der Waals surface area (Å²) in [6.07, 6.45) is 4.20. The first-order valence-corrected chi connectivity index (χ1v) is 6.97. The minimum absolute atomic E-state index is 0.0504. The minimum atomic E-state index is -0.141. The van der Waals surface area contributed by atoms with E-state index in [0.717, 1.165) is 37.3 Å². The quantitative estimate of drug-likeness (QED) is 0.896. The molecule has 0 spiro atoms. The zero-order chi connectivity index (χ0) is 13.8. The Morgan fingerprint density at radius 1 is 1.25 bits per heavy atom. The molecule has 2 N–H and O–H groups in total. The van der Waals surface area contributed by atoms with Crippen molar-refractivity contribution in [2.75, 3.05) is 11.9 Å². The molecule has 0 radical (unpaired) electrons. The van der Waals surface area contributed by atoms with Crippen molar-refractivity contribution in [3.63, 3.8) is 0 Å². The summed E-state index contributed by atoms with van der Waals surface area (Å²) in [5.41, 5.74) is 2.14. The van der Waals surface area contributed by atoms with Gasteiger partial charge in [0.25, 0.3) is 0 Å². The van der Waals surface area contributed by atoms with Crippen LogP contribution in [-0.4, -0.2) is 18.5 Å². The predicted molar refractivity (Wildman–Crippen MR) is 77.6 cm³/mol. The van der Waals surface area contributed by atoms with Crippen molar-refractivity contribution in [3.05, 3.63) is 54.0 Å². The molecule has 1 atom stereocenters. The summed E-state index contributed by atoms with van der Waals surface area (Å²) < 4.78 is 5.28. The van der Waals surface area contributed by atoms with Crippen LogP contribution in [0.1, 0.15) is 17.7 Å². The molecule has 4 nitrogen and oxygen atoms in total. The molecule has 4 heteroatoms. The molecule has 0 saturated heterocycles. The van der Waals surface area contributed by atoms with E-state index in [-0.39, 0.29) is 11.9 Å². The standard InChI is InChI=1S/C16H18N2O2/c19-16-15(17-10-9-13-5-3-11-20-13)8-7-12-4-1-2-6-14(12)18-16/h1-6,11,15,17H,7-10H2,(H,18,19). The van der Waals surface area contributed by atoms with Crippen LogP contribution in [0.4, 0.5) is 5.69 Å². The monoisotopic (exact) mass is 270 g/mol. The number of hydrogen-bond donors (Lipinski definition) is 2. The van der Waals surface area contributed by atoms with Gasteiger partial charge in [-0.05, 0) is 36.6 Å². The Hall–Kier alpha value is -2.07. The SMILES string of the molecule is O=C1Nc2ccccc2CCC1NCCc1ccco1. The van der Waals surface area contributed by atoms with Crippen LogP contribution in [-0.2, 0) is 17.6 Å². The van der Waals surface area contributed by atoms with E-state index in [1.807, 2.05) is 30.3 Å². The van der Waals surface area contributed by atoms with E-state index in [2.05, 4.69) is 16.7 Å². The zero-order valence-electron chi connectivity index (χ0n) is 11.3. The van der Waals surface area contributed by atoms with Crippen molar-refractivity contribution in [2.45, 2.75) is 25.3 Å². The second-order valence-corrected chi connectivity index (χ2v) is 5.02. The second kappa shape index (κ2) is 5.92. The van der Waals surface area contributed by atoms with Crippen LogP contribution in [0, 0.1) is 0 Å². The fraction of sp³-hybridized carbons (Fsp3) is 0.312. The fourth-order valence-electron chi connectivity index (χ4n) is 2.53. The Balaban J connectivity index is 1.57. The van der Waals surface area contributed by atoms with Crippen molar-refractivity contribution in [3.8, 4) is 0 Å². The minimum Gasteiger partial charge on any atom is -0.469 e. The van der Waals surface area contributed by atoms with Gasteiger partial charge in [-0.3, -0.25) is 4.79 Å². The van der Waals surface area contributed by atoms with Gasteiger partial charge in [0.15, 0.2) is 0 Å². The highest BCUT2D eigenvalue weighted by Crippen LogP contribution is 2.21. The van der Waals surface area contributed by atoms with Crippen LogP contribution in [0.25, 0.3) is 0 Å². The molecule has 104 valence electrons. The van der Waals surface area contributed by atoms with Crippen molar-refractivity contribution >= 4 is 11.6 Å². The molecule has 1 aromatic carbocycles. The third-order valence-corrected chi connectivity index (χ3v) is 3.64. The molecule has 0 fully saturated rings. The zero-order valence-corrected chi connectivity index (χ0v) is 11.3. The normalized spacial score (nSPS) is 18.2.